The number of rotatable bonds is 7. The molecule has 0 saturated heterocycles. The minimum absolute atomic E-state index is 0.00507. The molecule has 0 fully saturated rings. The lowest BCUT2D eigenvalue weighted by atomic mass is 9.58. The number of fused-ring (bicyclic) bond motifs is 6. The fraction of sp³-hybridized carbons (Fsp3) is 0.0392. The van der Waals surface area contributed by atoms with E-state index in [0.717, 1.165) is 41.0 Å². The average Bonchev–Trinajstić information content (AvgIpc) is 3.83. The molecule has 0 atom stereocenters. The number of nitrogens with one attached hydrogen (secondary N) is 1. The molecule has 1 aliphatic heterocycles. The van der Waals surface area contributed by atoms with Crippen molar-refractivity contribution >= 4 is 62.5 Å². The number of aromatic nitrogens is 2. The van der Waals surface area contributed by atoms with Gasteiger partial charge in [0, 0.05) is 50.4 Å². The molecule has 264 valence electrons. The minimum atomic E-state index is -0.00507. The summed E-state index contributed by atoms with van der Waals surface area (Å²) in [6.07, 6.45) is 0. The molecule has 0 unspecified atom stereocenters. The van der Waals surface area contributed by atoms with Crippen molar-refractivity contribution in [1.29, 1.82) is 0 Å². The summed E-state index contributed by atoms with van der Waals surface area (Å²) in [7, 11) is 0.745. The van der Waals surface area contributed by atoms with E-state index < -0.39 is 0 Å². The van der Waals surface area contributed by atoms with Gasteiger partial charge in [-0.3, -0.25) is 0 Å². The van der Waals surface area contributed by atoms with Crippen LogP contribution in [0.2, 0.25) is 0 Å². The van der Waals surface area contributed by atoms with Gasteiger partial charge in [0.25, 0.3) is 0 Å². The van der Waals surface area contributed by atoms with Crippen LogP contribution in [-0.4, -0.2) is 16.8 Å². The standard InChI is InChI=1S/C51H36BN3O/c1-32-25-27-36(28-26-32)53-42-23-13-11-21-37(42)39-29-40(47(33-15-5-2-6-16-33)34-17-7-3-8-18-34)48-38-22-12-14-24-44(38)55-45-31-43-46(30-41(45)52-49(39)50(48)55)56-51(54-43)35-19-9-4-10-20-35/h2-31,47,52-53H,1H3. The molecule has 56 heavy (non-hydrogen) atoms. The first-order chi connectivity index (χ1) is 27.7. The van der Waals surface area contributed by atoms with Crippen LogP contribution in [0, 0.1) is 6.92 Å². The zero-order chi connectivity index (χ0) is 37.2. The van der Waals surface area contributed by atoms with Gasteiger partial charge < -0.3 is 14.3 Å². The van der Waals surface area contributed by atoms with Crippen molar-refractivity contribution in [1.82, 2.24) is 9.55 Å². The van der Waals surface area contributed by atoms with Gasteiger partial charge in [0.1, 0.15) is 5.52 Å². The number of hydrogen-bond acceptors (Lipinski definition) is 3. The zero-order valence-corrected chi connectivity index (χ0v) is 30.9. The van der Waals surface area contributed by atoms with E-state index in [-0.39, 0.29) is 5.92 Å². The largest absolute Gasteiger partial charge is 0.436 e. The second-order valence-corrected chi connectivity index (χ2v) is 14.9. The molecular formula is C51H36BN3O. The number of para-hydroxylation sites is 2. The maximum atomic E-state index is 6.48. The first-order valence-corrected chi connectivity index (χ1v) is 19.3. The zero-order valence-electron chi connectivity index (χ0n) is 30.9. The third kappa shape index (κ3) is 5.27. The van der Waals surface area contributed by atoms with Gasteiger partial charge in [-0.2, -0.15) is 0 Å². The average molecular weight is 718 g/mol. The summed E-state index contributed by atoms with van der Waals surface area (Å²) in [6.45, 7) is 2.13. The van der Waals surface area contributed by atoms with E-state index in [4.69, 9.17) is 9.40 Å². The molecule has 0 amide bonds. The molecule has 0 saturated carbocycles. The Kier molecular flexibility index (Phi) is 7.53. The van der Waals surface area contributed by atoms with Crippen molar-refractivity contribution in [2.45, 2.75) is 12.8 Å². The highest BCUT2D eigenvalue weighted by atomic mass is 16.3. The van der Waals surface area contributed by atoms with E-state index in [1.165, 1.54) is 66.1 Å². The Bertz CT molecular complexity index is 3040. The number of aryl methyl sites for hydroxylation is 1. The Morgan fingerprint density at radius 1 is 0.643 bits per heavy atom. The van der Waals surface area contributed by atoms with E-state index in [0.29, 0.717) is 5.89 Å². The van der Waals surface area contributed by atoms with Crippen LogP contribution in [0.1, 0.15) is 28.2 Å². The Hall–Kier alpha value is -7.11. The molecule has 8 aromatic carbocycles. The first kappa shape index (κ1) is 32.3. The molecule has 0 radical (unpaired) electrons. The highest BCUT2D eigenvalue weighted by Crippen LogP contribution is 2.45. The molecule has 1 N–H and O–H groups in total. The highest BCUT2D eigenvalue weighted by Gasteiger charge is 2.32. The summed E-state index contributed by atoms with van der Waals surface area (Å²) in [4.78, 5) is 5.03. The molecule has 11 rings (SSSR count). The Morgan fingerprint density at radius 3 is 2.05 bits per heavy atom. The van der Waals surface area contributed by atoms with Crippen LogP contribution in [0.5, 0.6) is 0 Å². The van der Waals surface area contributed by atoms with Gasteiger partial charge in [0.2, 0.25) is 5.89 Å². The van der Waals surface area contributed by atoms with Crippen molar-refractivity contribution in [3.8, 4) is 28.3 Å². The normalized spacial score (nSPS) is 12.0. The predicted octanol–water partition coefficient (Wildman–Crippen LogP) is 11.2. The summed E-state index contributed by atoms with van der Waals surface area (Å²) in [6, 6.07) is 65.4. The first-order valence-electron chi connectivity index (χ1n) is 19.3. The fourth-order valence-electron chi connectivity index (χ4n) is 8.87. The van der Waals surface area contributed by atoms with E-state index in [2.05, 4.69) is 181 Å². The molecular weight excluding hydrogens is 681 g/mol. The van der Waals surface area contributed by atoms with Crippen molar-refractivity contribution in [3.05, 3.63) is 204 Å². The van der Waals surface area contributed by atoms with E-state index in [1.807, 2.05) is 18.2 Å². The van der Waals surface area contributed by atoms with E-state index >= 15 is 0 Å². The topological polar surface area (TPSA) is 43.0 Å². The number of hydrogen-bond donors (Lipinski definition) is 1. The quantitative estimate of drug-likeness (QED) is 0.132. The lowest BCUT2D eigenvalue weighted by Gasteiger charge is -2.27. The van der Waals surface area contributed by atoms with Crippen molar-refractivity contribution in [3.63, 3.8) is 0 Å². The molecule has 0 aliphatic carbocycles. The molecule has 0 spiro atoms. The van der Waals surface area contributed by atoms with Crippen molar-refractivity contribution < 1.29 is 4.42 Å². The summed E-state index contributed by atoms with van der Waals surface area (Å²) >= 11 is 0. The van der Waals surface area contributed by atoms with E-state index in [1.54, 1.807) is 0 Å². The minimum Gasteiger partial charge on any atom is -0.436 e. The smallest absolute Gasteiger partial charge is 0.227 e. The van der Waals surface area contributed by atoms with Crippen LogP contribution >= 0.6 is 0 Å². The Morgan fingerprint density at radius 2 is 1.30 bits per heavy atom. The Labute approximate surface area is 326 Å². The van der Waals surface area contributed by atoms with Crippen molar-refractivity contribution in [2.24, 2.45) is 0 Å². The van der Waals surface area contributed by atoms with Gasteiger partial charge in [0.15, 0.2) is 12.9 Å². The van der Waals surface area contributed by atoms with Gasteiger partial charge in [-0.15, -0.1) is 0 Å². The highest BCUT2D eigenvalue weighted by molar-refractivity contribution is 6.73. The SMILES string of the molecule is Cc1ccc(Nc2ccccc2-c2cc(C(c3ccccc3)c3ccccc3)c3c4ccccc4n4c3c2Bc2cc3oc(-c5ccccc5)nc3cc2-4)cc1. The van der Waals surface area contributed by atoms with Crippen molar-refractivity contribution in [2.75, 3.05) is 5.32 Å². The van der Waals surface area contributed by atoms with Gasteiger partial charge in [-0.1, -0.05) is 138 Å². The van der Waals surface area contributed by atoms with Crippen LogP contribution in [0.25, 0.3) is 61.2 Å². The molecule has 0 bridgehead atoms. The molecule has 2 aromatic heterocycles. The number of oxazole rings is 1. The second-order valence-electron chi connectivity index (χ2n) is 14.9. The fourth-order valence-corrected chi connectivity index (χ4v) is 8.87. The van der Waals surface area contributed by atoms with Crippen LogP contribution < -0.4 is 16.2 Å². The summed E-state index contributed by atoms with van der Waals surface area (Å²) in [5.41, 5.74) is 18.3. The third-order valence-electron chi connectivity index (χ3n) is 11.4. The maximum absolute atomic E-state index is 6.48. The lowest BCUT2D eigenvalue weighted by molar-refractivity contribution is 0.620. The second kappa shape index (κ2) is 13.0. The van der Waals surface area contributed by atoms with Crippen LogP contribution in [0.15, 0.2) is 186 Å². The predicted molar refractivity (Wildman–Crippen MR) is 234 cm³/mol. The van der Waals surface area contributed by atoms with Crippen LogP contribution in [0.4, 0.5) is 11.4 Å². The third-order valence-corrected chi connectivity index (χ3v) is 11.4. The molecule has 10 aromatic rings. The van der Waals surface area contributed by atoms with Gasteiger partial charge in [0.05, 0.1) is 5.52 Å². The van der Waals surface area contributed by atoms with Crippen LogP contribution in [-0.2, 0) is 0 Å². The monoisotopic (exact) mass is 717 g/mol. The van der Waals surface area contributed by atoms with Gasteiger partial charge in [-0.05, 0) is 89.2 Å². The van der Waals surface area contributed by atoms with E-state index in [9.17, 15) is 0 Å². The summed E-state index contributed by atoms with van der Waals surface area (Å²) in [5, 5.41) is 6.33. The lowest BCUT2D eigenvalue weighted by Crippen LogP contribution is -2.37. The molecule has 4 nitrogen and oxygen atoms in total. The van der Waals surface area contributed by atoms with Gasteiger partial charge in [-0.25, -0.2) is 4.98 Å². The summed E-state index contributed by atoms with van der Waals surface area (Å²) < 4.78 is 8.98. The number of anilines is 2. The summed E-state index contributed by atoms with van der Waals surface area (Å²) in [5.74, 6) is 0.630. The molecule has 5 heteroatoms. The van der Waals surface area contributed by atoms with Crippen LogP contribution in [0.3, 0.4) is 0 Å². The number of benzene rings is 8. The van der Waals surface area contributed by atoms with Gasteiger partial charge >= 0.3 is 0 Å². The molecule has 3 heterocycles. The molecule has 1 aliphatic rings. The maximum Gasteiger partial charge on any atom is 0.227 e. The number of nitrogens with zero attached hydrogens (tertiary/aromatic N) is 2. The Balaban J connectivity index is 1.24.